The molecule has 23 heavy (non-hydrogen) atoms. The lowest BCUT2D eigenvalue weighted by Gasteiger charge is -2.29. The number of carbonyl (C=O) groups excluding carboxylic acids is 1. The quantitative estimate of drug-likeness (QED) is 0.891. The van der Waals surface area contributed by atoms with E-state index in [0.717, 1.165) is 17.5 Å². The summed E-state index contributed by atoms with van der Waals surface area (Å²) in [6, 6.07) is 7.97. The van der Waals surface area contributed by atoms with Gasteiger partial charge in [-0.3, -0.25) is 9.89 Å². The summed E-state index contributed by atoms with van der Waals surface area (Å²) in [4.78, 5) is 12.1. The average molecular weight is 313 g/mol. The van der Waals surface area contributed by atoms with Crippen LogP contribution in [0.2, 0.25) is 0 Å². The van der Waals surface area contributed by atoms with Crippen LogP contribution in [0.3, 0.4) is 0 Å². The molecule has 0 aliphatic heterocycles. The highest BCUT2D eigenvalue weighted by Crippen LogP contribution is 2.24. The van der Waals surface area contributed by atoms with Gasteiger partial charge >= 0.3 is 0 Å². The first-order valence-corrected chi connectivity index (χ1v) is 8.24. The number of H-pyrrole nitrogens is 1. The predicted octanol–water partition coefficient (Wildman–Crippen LogP) is 3.15. The molecular weight excluding hydrogens is 290 g/mol. The fourth-order valence-corrected chi connectivity index (χ4v) is 3.10. The molecule has 5 heteroatoms. The van der Waals surface area contributed by atoms with Crippen molar-refractivity contribution in [2.75, 3.05) is 6.61 Å². The zero-order valence-corrected chi connectivity index (χ0v) is 13.4. The number of amides is 1. The Hall–Kier alpha value is -2.30. The Labute approximate surface area is 136 Å². The van der Waals surface area contributed by atoms with Crippen molar-refractivity contribution in [2.24, 2.45) is 5.92 Å². The number of nitrogens with one attached hydrogen (secondary N) is 2. The summed E-state index contributed by atoms with van der Waals surface area (Å²) in [5, 5.41) is 9.84. The minimum atomic E-state index is -0.0440. The maximum Gasteiger partial charge on any atom is 0.258 e. The minimum Gasteiger partial charge on any atom is -0.484 e. The molecule has 2 unspecified atom stereocenters. The van der Waals surface area contributed by atoms with Crippen molar-refractivity contribution >= 4 is 5.91 Å². The van der Waals surface area contributed by atoms with Crippen LogP contribution in [-0.2, 0) is 4.79 Å². The monoisotopic (exact) mass is 313 g/mol. The number of aromatic nitrogens is 2. The molecule has 0 radical (unpaired) electrons. The Bertz CT molecular complexity index is 639. The van der Waals surface area contributed by atoms with E-state index in [9.17, 15) is 4.79 Å². The molecular formula is C18H23N3O2. The number of rotatable bonds is 5. The molecule has 2 aromatic rings. The summed E-state index contributed by atoms with van der Waals surface area (Å²) in [7, 11) is 0. The maximum atomic E-state index is 12.1. The van der Waals surface area contributed by atoms with Crippen LogP contribution in [0.15, 0.2) is 36.7 Å². The number of ether oxygens (including phenoxy) is 1. The van der Waals surface area contributed by atoms with Gasteiger partial charge in [-0.25, -0.2) is 0 Å². The molecule has 1 saturated carbocycles. The Morgan fingerprint density at radius 1 is 1.35 bits per heavy atom. The summed E-state index contributed by atoms with van der Waals surface area (Å²) in [5.74, 6) is 1.20. The summed E-state index contributed by atoms with van der Waals surface area (Å²) < 4.78 is 5.64. The molecule has 3 rings (SSSR count). The summed E-state index contributed by atoms with van der Waals surface area (Å²) >= 11 is 0. The van der Waals surface area contributed by atoms with Crippen molar-refractivity contribution in [3.05, 3.63) is 36.7 Å². The maximum absolute atomic E-state index is 12.1. The number of carbonyl (C=O) groups is 1. The molecule has 2 N–H and O–H groups in total. The van der Waals surface area contributed by atoms with Crippen molar-refractivity contribution in [1.29, 1.82) is 0 Å². The standard InChI is InChI=1S/C18H23N3O2/c1-13-5-2-3-8-17(13)21-18(22)12-23-16-7-4-6-14(9-16)15-10-19-20-11-15/h4,6-7,9-11,13,17H,2-3,5,8,12H2,1H3,(H,19,20)(H,21,22). The highest BCUT2D eigenvalue weighted by Gasteiger charge is 2.22. The van der Waals surface area contributed by atoms with Gasteiger partial charge in [0.2, 0.25) is 0 Å². The van der Waals surface area contributed by atoms with E-state index in [0.29, 0.717) is 11.7 Å². The van der Waals surface area contributed by atoms with Gasteiger partial charge < -0.3 is 10.1 Å². The van der Waals surface area contributed by atoms with E-state index in [-0.39, 0.29) is 18.6 Å². The van der Waals surface area contributed by atoms with Gasteiger partial charge in [0.25, 0.3) is 5.91 Å². The molecule has 0 saturated heterocycles. The largest absolute Gasteiger partial charge is 0.484 e. The van der Waals surface area contributed by atoms with E-state index < -0.39 is 0 Å². The van der Waals surface area contributed by atoms with Gasteiger partial charge in [-0.2, -0.15) is 5.10 Å². The van der Waals surface area contributed by atoms with Gasteiger partial charge in [0.1, 0.15) is 5.75 Å². The van der Waals surface area contributed by atoms with Crippen LogP contribution < -0.4 is 10.1 Å². The molecule has 1 heterocycles. The zero-order valence-electron chi connectivity index (χ0n) is 13.4. The lowest BCUT2D eigenvalue weighted by atomic mass is 9.86. The minimum absolute atomic E-state index is 0.0440. The number of hydrogen-bond donors (Lipinski definition) is 2. The highest BCUT2D eigenvalue weighted by molar-refractivity contribution is 5.78. The first-order chi connectivity index (χ1) is 11.2. The number of hydrogen-bond acceptors (Lipinski definition) is 3. The van der Waals surface area contributed by atoms with E-state index in [2.05, 4.69) is 22.4 Å². The topological polar surface area (TPSA) is 67.0 Å². The van der Waals surface area contributed by atoms with Crippen LogP contribution in [0.1, 0.15) is 32.6 Å². The molecule has 1 amide bonds. The van der Waals surface area contributed by atoms with Gasteiger partial charge in [0, 0.05) is 17.8 Å². The average Bonchev–Trinajstić information content (AvgIpc) is 3.10. The Morgan fingerprint density at radius 3 is 3.00 bits per heavy atom. The third kappa shape index (κ3) is 4.12. The fraction of sp³-hybridized carbons (Fsp3) is 0.444. The number of aromatic amines is 1. The van der Waals surface area contributed by atoms with E-state index in [4.69, 9.17) is 4.74 Å². The van der Waals surface area contributed by atoms with Crippen LogP contribution in [0.25, 0.3) is 11.1 Å². The predicted molar refractivity (Wildman–Crippen MR) is 89.1 cm³/mol. The fourth-order valence-electron chi connectivity index (χ4n) is 3.10. The summed E-state index contributed by atoms with van der Waals surface area (Å²) in [6.45, 7) is 2.26. The van der Waals surface area contributed by atoms with Crippen LogP contribution in [-0.4, -0.2) is 28.8 Å². The van der Waals surface area contributed by atoms with Crippen LogP contribution in [0, 0.1) is 5.92 Å². The van der Waals surface area contributed by atoms with Crippen molar-refractivity contribution < 1.29 is 9.53 Å². The molecule has 1 fully saturated rings. The molecule has 5 nitrogen and oxygen atoms in total. The first kappa shape index (κ1) is 15.6. The second-order valence-corrected chi connectivity index (χ2v) is 6.24. The Morgan fingerprint density at radius 2 is 2.22 bits per heavy atom. The van der Waals surface area contributed by atoms with Crippen LogP contribution in [0.5, 0.6) is 5.75 Å². The smallest absolute Gasteiger partial charge is 0.258 e. The SMILES string of the molecule is CC1CCCCC1NC(=O)COc1cccc(-c2cn[nH]c2)c1. The Kier molecular flexibility index (Phi) is 4.95. The molecule has 0 bridgehead atoms. The van der Waals surface area contributed by atoms with Crippen LogP contribution >= 0.6 is 0 Å². The van der Waals surface area contributed by atoms with E-state index in [1.165, 1.54) is 19.3 Å². The second-order valence-electron chi connectivity index (χ2n) is 6.24. The third-order valence-electron chi connectivity index (χ3n) is 4.49. The van der Waals surface area contributed by atoms with Gasteiger partial charge in [-0.15, -0.1) is 0 Å². The summed E-state index contributed by atoms with van der Waals surface area (Å²) in [5.41, 5.74) is 2.01. The normalized spacial score (nSPS) is 20.9. The number of benzene rings is 1. The van der Waals surface area contributed by atoms with Crippen molar-refractivity contribution in [2.45, 2.75) is 38.6 Å². The van der Waals surface area contributed by atoms with Gasteiger partial charge in [-0.05, 0) is 36.5 Å². The molecule has 0 spiro atoms. The van der Waals surface area contributed by atoms with Crippen molar-refractivity contribution in [3.63, 3.8) is 0 Å². The third-order valence-corrected chi connectivity index (χ3v) is 4.49. The van der Waals surface area contributed by atoms with E-state index in [1.54, 1.807) is 6.20 Å². The highest BCUT2D eigenvalue weighted by atomic mass is 16.5. The molecule has 1 aromatic heterocycles. The summed E-state index contributed by atoms with van der Waals surface area (Å²) in [6.07, 6.45) is 8.32. The Balaban J connectivity index is 1.54. The van der Waals surface area contributed by atoms with E-state index >= 15 is 0 Å². The van der Waals surface area contributed by atoms with Crippen molar-refractivity contribution in [1.82, 2.24) is 15.5 Å². The zero-order chi connectivity index (χ0) is 16.1. The molecule has 1 aliphatic rings. The van der Waals surface area contributed by atoms with Gasteiger partial charge in [0.15, 0.2) is 6.61 Å². The molecule has 1 aliphatic carbocycles. The number of nitrogens with zero attached hydrogens (tertiary/aromatic N) is 1. The van der Waals surface area contributed by atoms with E-state index in [1.807, 2.05) is 30.5 Å². The lowest BCUT2D eigenvalue weighted by molar-refractivity contribution is -0.124. The van der Waals surface area contributed by atoms with Gasteiger partial charge in [0.05, 0.1) is 6.20 Å². The first-order valence-electron chi connectivity index (χ1n) is 8.24. The molecule has 1 aromatic carbocycles. The van der Waals surface area contributed by atoms with Gasteiger partial charge in [-0.1, -0.05) is 31.9 Å². The molecule has 2 atom stereocenters. The second kappa shape index (κ2) is 7.31. The molecule has 122 valence electrons. The lowest BCUT2D eigenvalue weighted by Crippen LogP contribution is -2.43. The van der Waals surface area contributed by atoms with Crippen molar-refractivity contribution in [3.8, 4) is 16.9 Å². The van der Waals surface area contributed by atoms with Crippen LogP contribution in [0.4, 0.5) is 0 Å².